The number of rotatable bonds is 4. The predicted octanol–water partition coefficient (Wildman–Crippen LogP) is 2.99. The molecule has 2 fully saturated rings. The zero-order valence-corrected chi connectivity index (χ0v) is 12.2. The number of nitrogens with zero attached hydrogens (tertiary/aromatic N) is 3. The summed E-state index contributed by atoms with van der Waals surface area (Å²) >= 11 is 0. The average Bonchev–Trinajstić information content (AvgIpc) is 3.26. The topological polar surface area (TPSA) is 73.9 Å². The Morgan fingerprint density at radius 3 is 2.30 bits per heavy atom. The molecule has 0 spiro atoms. The van der Waals surface area contributed by atoms with E-state index in [9.17, 15) is 0 Å². The first-order valence-electron chi connectivity index (χ1n) is 7.82. The Morgan fingerprint density at radius 1 is 1.00 bits per heavy atom. The van der Waals surface area contributed by atoms with E-state index in [0.717, 1.165) is 11.6 Å². The van der Waals surface area contributed by atoms with E-state index >= 15 is 0 Å². The fraction of sp³-hybridized carbons (Fsp3) is 0.800. The monoisotopic (exact) mass is 276 g/mol. The van der Waals surface area contributed by atoms with Crippen LogP contribution >= 0.6 is 0 Å². The van der Waals surface area contributed by atoms with Gasteiger partial charge in [-0.15, -0.1) is 0 Å². The Hall–Kier alpha value is -1.23. The smallest absolute Gasteiger partial charge is 0.223 e. The molecule has 0 radical (unpaired) electrons. The zero-order chi connectivity index (χ0) is 13.9. The molecule has 1 heterocycles. The molecule has 5 nitrogen and oxygen atoms in total. The van der Waals surface area contributed by atoms with Gasteiger partial charge in [0.15, 0.2) is 5.82 Å². The second-order valence-electron chi connectivity index (χ2n) is 6.09. The van der Waals surface area contributed by atoms with E-state index in [4.69, 9.17) is 15.5 Å². The SMILES string of the molecule is COC(c1nc(N)nc(C2CCCCCC2)n1)C1CC1. The lowest BCUT2D eigenvalue weighted by Gasteiger charge is -2.17. The highest BCUT2D eigenvalue weighted by Crippen LogP contribution is 2.42. The van der Waals surface area contributed by atoms with Gasteiger partial charge in [0.2, 0.25) is 5.95 Å². The lowest BCUT2D eigenvalue weighted by Crippen LogP contribution is -2.15. The third kappa shape index (κ3) is 3.08. The maximum Gasteiger partial charge on any atom is 0.223 e. The lowest BCUT2D eigenvalue weighted by molar-refractivity contribution is 0.0768. The van der Waals surface area contributed by atoms with Crippen molar-refractivity contribution in [2.75, 3.05) is 12.8 Å². The molecule has 110 valence electrons. The third-order valence-electron chi connectivity index (χ3n) is 4.47. The van der Waals surface area contributed by atoms with Gasteiger partial charge in [0.05, 0.1) is 0 Å². The molecule has 1 atom stereocenters. The van der Waals surface area contributed by atoms with Gasteiger partial charge in [-0.2, -0.15) is 9.97 Å². The van der Waals surface area contributed by atoms with Gasteiger partial charge in [-0.1, -0.05) is 25.7 Å². The maximum atomic E-state index is 5.90. The van der Waals surface area contributed by atoms with Crippen molar-refractivity contribution in [1.29, 1.82) is 0 Å². The van der Waals surface area contributed by atoms with Crippen LogP contribution in [0.1, 0.15) is 75.0 Å². The Labute approximate surface area is 120 Å². The van der Waals surface area contributed by atoms with Crippen molar-refractivity contribution >= 4 is 5.95 Å². The highest BCUT2D eigenvalue weighted by molar-refractivity contribution is 5.19. The number of nitrogens with two attached hydrogens (primary N) is 1. The normalized spacial score (nSPS) is 22.4. The molecule has 1 aromatic rings. The quantitative estimate of drug-likeness (QED) is 0.856. The molecule has 2 saturated carbocycles. The number of hydrogen-bond acceptors (Lipinski definition) is 5. The van der Waals surface area contributed by atoms with Crippen LogP contribution in [0.15, 0.2) is 0 Å². The molecular formula is C15H24N4O. The van der Waals surface area contributed by atoms with Gasteiger partial charge in [0.1, 0.15) is 11.9 Å². The molecule has 0 aromatic carbocycles. The van der Waals surface area contributed by atoms with Crippen LogP contribution in [0, 0.1) is 5.92 Å². The fourth-order valence-electron chi connectivity index (χ4n) is 3.18. The van der Waals surface area contributed by atoms with Gasteiger partial charge in [0.25, 0.3) is 0 Å². The number of methoxy groups -OCH3 is 1. The predicted molar refractivity (Wildman–Crippen MR) is 77.2 cm³/mol. The van der Waals surface area contributed by atoms with Crippen LogP contribution in [0.4, 0.5) is 5.95 Å². The van der Waals surface area contributed by atoms with Crippen LogP contribution < -0.4 is 5.73 Å². The first kappa shape index (κ1) is 13.7. The summed E-state index contributed by atoms with van der Waals surface area (Å²) in [7, 11) is 1.73. The molecule has 20 heavy (non-hydrogen) atoms. The van der Waals surface area contributed by atoms with Crippen molar-refractivity contribution in [2.45, 2.75) is 63.4 Å². The minimum atomic E-state index is -0.00942. The van der Waals surface area contributed by atoms with E-state index in [0.29, 0.717) is 17.8 Å². The summed E-state index contributed by atoms with van der Waals surface area (Å²) in [5, 5.41) is 0. The van der Waals surface area contributed by atoms with E-state index in [2.05, 4.69) is 9.97 Å². The number of ether oxygens (including phenoxy) is 1. The molecule has 0 aliphatic heterocycles. The van der Waals surface area contributed by atoms with Crippen molar-refractivity contribution in [3.63, 3.8) is 0 Å². The third-order valence-corrected chi connectivity index (χ3v) is 4.47. The highest BCUT2D eigenvalue weighted by atomic mass is 16.5. The van der Waals surface area contributed by atoms with E-state index in [1.165, 1.54) is 51.4 Å². The van der Waals surface area contributed by atoms with Crippen molar-refractivity contribution < 1.29 is 4.74 Å². The largest absolute Gasteiger partial charge is 0.373 e. The molecule has 2 N–H and O–H groups in total. The standard InChI is InChI=1S/C15H24N4O/c1-20-12(10-8-9-10)14-17-13(18-15(16)19-14)11-6-4-2-3-5-7-11/h10-12H,2-9H2,1H3,(H2,16,17,18,19). The molecular weight excluding hydrogens is 252 g/mol. The van der Waals surface area contributed by atoms with Gasteiger partial charge in [0, 0.05) is 13.0 Å². The van der Waals surface area contributed by atoms with Crippen LogP contribution in [0.5, 0.6) is 0 Å². The molecule has 3 rings (SSSR count). The molecule has 1 unspecified atom stereocenters. The summed E-state index contributed by atoms with van der Waals surface area (Å²) in [6, 6.07) is 0. The molecule has 0 saturated heterocycles. The van der Waals surface area contributed by atoms with Gasteiger partial charge in [-0.25, -0.2) is 4.98 Å². The Kier molecular flexibility index (Phi) is 4.15. The lowest BCUT2D eigenvalue weighted by atomic mass is 9.99. The molecule has 0 bridgehead atoms. The van der Waals surface area contributed by atoms with Gasteiger partial charge in [-0.3, -0.25) is 0 Å². The van der Waals surface area contributed by atoms with Crippen molar-refractivity contribution in [1.82, 2.24) is 15.0 Å². The van der Waals surface area contributed by atoms with Crippen molar-refractivity contribution in [2.24, 2.45) is 5.92 Å². The minimum absolute atomic E-state index is 0.00942. The Morgan fingerprint density at radius 2 is 1.70 bits per heavy atom. The summed E-state index contributed by atoms with van der Waals surface area (Å²) in [6.07, 6.45) is 9.91. The second-order valence-corrected chi connectivity index (χ2v) is 6.09. The summed E-state index contributed by atoms with van der Waals surface area (Å²) in [5.74, 6) is 2.97. The number of nitrogen functional groups attached to an aromatic ring is 1. The second kappa shape index (κ2) is 6.04. The molecule has 5 heteroatoms. The first-order valence-corrected chi connectivity index (χ1v) is 7.82. The van der Waals surface area contributed by atoms with Gasteiger partial charge >= 0.3 is 0 Å². The van der Waals surface area contributed by atoms with Crippen LogP contribution in [0.25, 0.3) is 0 Å². The summed E-state index contributed by atoms with van der Waals surface area (Å²) in [4.78, 5) is 13.4. The van der Waals surface area contributed by atoms with Crippen LogP contribution in [-0.2, 0) is 4.74 Å². The van der Waals surface area contributed by atoms with Crippen molar-refractivity contribution in [3.8, 4) is 0 Å². The number of aromatic nitrogens is 3. The van der Waals surface area contributed by atoms with E-state index in [1.54, 1.807) is 7.11 Å². The fourth-order valence-corrected chi connectivity index (χ4v) is 3.18. The number of anilines is 1. The summed E-state index contributed by atoms with van der Waals surface area (Å²) in [5.41, 5.74) is 5.90. The highest BCUT2D eigenvalue weighted by Gasteiger charge is 2.35. The summed E-state index contributed by atoms with van der Waals surface area (Å²) < 4.78 is 5.57. The van der Waals surface area contributed by atoms with E-state index in [1.807, 2.05) is 0 Å². The summed E-state index contributed by atoms with van der Waals surface area (Å²) in [6.45, 7) is 0. The Balaban J connectivity index is 1.84. The van der Waals surface area contributed by atoms with E-state index in [-0.39, 0.29) is 6.10 Å². The van der Waals surface area contributed by atoms with Gasteiger partial charge < -0.3 is 10.5 Å². The zero-order valence-electron chi connectivity index (χ0n) is 12.2. The van der Waals surface area contributed by atoms with E-state index < -0.39 is 0 Å². The number of hydrogen-bond donors (Lipinski definition) is 1. The molecule has 2 aliphatic rings. The molecule has 2 aliphatic carbocycles. The van der Waals surface area contributed by atoms with Crippen LogP contribution in [-0.4, -0.2) is 22.1 Å². The van der Waals surface area contributed by atoms with Crippen LogP contribution in [0.3, 0.4) is 0 Å². The average molecular weight is 276 g/mol. The van der Waals surface area contributed by atoms with Gasteiger partial charge in [-0.05, 0) is 31.6 Å². The Bertz CT molecular complexity index is 453. The van der Waals surface area contributed by atoms with Crippen molar-refractivity contribution in [3.05, 3.63) is 11.6 Å². The molecule has 0 amide bonds. The first-order chi connectivity index (χ1) is 9.78. The van der Waals surface area contributed by atoms with Crippen LogP contribution in [0.2, 0.25) is 0 Å². The minimum Gasteiger partial charge on any atom is -0.373 e. The maximum absolute atomic E-state index is 5.90. The molecule has 1 aromatic heterocycles.